The first-order valence-electron chi connectivity index (χ1n) is 5.37. The van der Waals surface area contributed by atoms with Gasteiger partial charge in [-0.15, -0.1) is 11.3 Å². The van der Waals surface area contributed by atoms with Crippen LogP contribution in [0.15, 0.2) is 35.7 Å². The van der Waals surface area contributed by atoms with Crippen LogP contribution in [-0.4, -0.2) is 5.91 Å². The highest BCUT2D eigenvalue weighted by Crippen LogP contribution is 2.41. The molecule has 2 heterocycles. The highest BCUT2D eigenvalue weighted by molar-refractivity contribution is 7.10. The SMILES string of the molecule is O=C1C[C@@H](c2ccccc2F)c2sccc2N1. The number of benzene rings is 1. The molecule has 0 spiro atoms. The Kier molecular flexibility index (Phi) is 2.44. The first-order chi connectivity index (χ1) is 8.25. The lowest BCUT2D eigenvalue weighted by atomic mass is 9.90. The summed E-state index contributed by atoms with van der Waals surface area (Å²) in [5.41, 5.74) is 1.42. The molecule has 0 saturated heterocycles. The molecule has 17 heavy (non-hydrogen) atoms. The fraction of sp³-hybridized carbons (Fsp3) is 0.154. The van der Waals surface area contributed by atoms with Crippen molar-refractivity contribution in [3.8, 4) is 0 Å². The Labute approximate surface area is 102 Å². The summed E-state index contributed by atoms with van der Waals surface area (Å²) < 4.78 is 13.8. The van der Waals surface area contributed by atoms with Crippen molar-refractivity contribution in [2.24, 2.45) is 0 Å². The monoisotopic (exact) mass is 247 g/mol. The van der Waals surface area contributed by atoms with Gasteiger partial charge in [0.2, 0.25) is 5.91 Å². The number of amides is 1. The Morgan fingerprint density at radius 1 is 1.29 bits per heavy atom. The molecule has 0 saturated carbocycles. The summed E-state index contributed by atoms with van der Waals surface area (Å²) in [7, 11) is 0. The van der Waals surface area contributed by atoms with Crippen LogP contribution >= 0.6 is 11.3 Å². The van der Waals surface area contributed by atoms with Crippen LogP contribution in [0.4, 0.5) is 10.1 Å². The van der Waals surface area contributed by atoms with Crippen LogP contribution in [0.1, 0.15) is 22.8 Å². The number of fused-ring (bicyclic) bond motifs is 1. The minimum absolute atomic E-state index is 0.0517. The van der Waals surface area contributed by atoms with E-state index in [1.807, 2.05) is 11.4 Å². The quantitative estimate of drug-likeness (QED) is 0.822. The van der Waals surface area contributed by atoms with Gasteiger partial charge in [0.05, 0.1) is 5.69 Å². The second-order valence-corrected chi connectivity index (χ2v) is 4.97. The predicted octanol–water partition coefficient (Wildman–Crippen LogP) is 3.36. The maximum Gasteiger partial charge on any atom is 0.225 e. The van der Waals surface area contributed by atoms with E-state index in [2.05, 4.69) is 5.32 Å². The van der Waals surface area contributed by atoms with E-state index in [0.29, 0.717) is 12.0 Å². The van der Waals surface area contributed by atoms with Crippen LogP contribution in [0.3, 0.4) is 0 Å². The summed E-state index contributed by atoms with van der Waals surface area (Å²) in [5, 5.41) is 4.73. The molecule has 2 nitrogen and oxygen atoms in total. The van der Waals surface area contributed by atoms with Crippen molar-refractivity contribution < 1.29 is 9.18 Å². The minimum atomic E-state index is -0.244. The van der Waals surface area contributed by atoms with E-state index in [1.54, 1.807) is 29.5 Å². The fourth-order valence-electron chi connectivity index (χ4n) is 2.18. The smallest absolute Gasteiger partial charge is 0.225 e. The molecule has 1 amide bonds. The van der Waals surface area contributed by atoms with Crippen LogP contribution in [0, 0.1) is 5.82 Å². The van der Waals surface area contributed by atoms with Gasteiger partial charge in [0.1, 0.15) is 5.82 Å². The Balaban J connectivity index is 2.11. The molecule has 1 atom stereocenters. The molecule has 0 bridgehead atoms. The van der Waals surface area contributed by atoms with Gasteiger partial charge in [0.25, 0.3) is 0 Å². The lowest BCUT2D eigenvalue weighted by molar-refractivity contribution is -0.116. The lowest BCUT2D eigenvalue weighted by Crippen LogP contribution is -2.22. The maximum atomic E-state index is 13.8. The Morgan fingerprint density at radius 2 is 2.12 bits per heavy atom. The van der Waals surface area contributed by atoms with Gasteiger partial charge >= 0.3 is 0 Å². The van der Waals surface area contributed by atoms with Gasteiger partial charge in [-0.25, -0.2) is 4.39 Å². The van der Waals surface area contributed by atoms with Crippen LogP contribution in [0.5, 0.6) is 0 Å². The molecular formula is C13H10FNOS. The normalized spacial score (nSPS) is 18.6. The van der Waals surface area contributed by atoms with E-state index in [1.165, 1.54) is 6.07 Å². The molecule has 86 valence electrons. The van der Waals surface area contributed by atoms with E-state index in [9.17, 15) is 9.18 Å². The van der Waals surface area contributed by atoms with Crippen LogP contribution in [0.2, 0.25) is 0 Å². The average molecular weight is 247 g/mol. The third-order valence-electron chi connectivity index (χ3n) is 2.96. The van der Waals surface area contributed by atoms with Crippen molar-refractivity contribution in [3.63, 3.8) is 0 Å². The molecule has 1 aromatic heterocycles. The van der Waals surface area contributed by atoms with Crippen LogP contribution in [0.25, 0.3) is 0 Å². The van der Waals surface area contributed by atoms with Crippen LogP contribution < -0.4 is 5.32 Å². The summed E-state index contributed by atoms with van der Waals surface area (Å²) in [5.74, 6) is -0.448. The number of nitrogens with one attached hydrogen (secondary N) is 1. The third-order valence-corrected chi connectivity index (χ3v) is 3.99. The summed E-state index contributed by atoms with van der Waals surface area (Å²) in [4.78, 5) is 12.6. The summed E-state index contributed by atoms with van der Waals surface area (Å²) >= 11 is 1.56. The second-order valence-electron chi connectivity index (χ2n) is 4.02. The number of anilines is 1. The molecule has 1 aliphatic rings. The van der Waals surface area contributed by atoms with Crippen molar-refractivity contribution in [2.75, 3.05) is 5.32 Å². The van der Waals surface area contributed by atoms with E-state index < -0.39 is 0 Å². The number of carbonyl (C=O) groups excluding carboxylic acids is 1. The first kappa shape index (κ1) is 10.5. The van der Waals surface area contributed by atoms with Crippen LogP contribution in [-0.2, 0) is 4.79 Å². The third kappa shape index (κ3) is 1.74. The number of hydrogen-bond acceptors (Lipinski definition) is 2. The van der Waals surface area contributed by atoms with E-state index in [4.69, 9.17) is 0 Å². The van der Waals surface area contributed by atoms with Crippen molar-refractivity contribution in [2.45, 2.75) is 12.3 Å². The van der Waals surface area contributed by atoms with Gasteiger partial charge < -0.3 is 5.32 Å². The van der Waals surface area contributed by atoms with Gasteiger partial charge in [-0.05, 0) is 23.1 Å². The standard InChI is InChI=1S/C13H10FNOS/c14-10-4-2-1-3-8(10)9-7-12(16)15-11-5-6-17-13(9)11/h1-6,9H,7H2,(H,15,16)/t9-/m0/s1. The van der Waals surface area contributed by atoms with Gasteiger partial charge in [0.15, 0.2) is 0 Å². The number of carbonyl (C=O) groups is 1. The molecule has 0 aliphatic carbocycles. The molecule has 1 aliphatic heterocycles. The van der Waals surface area contributed by atoms with E-state index in [0.717, 1.165) is 10.6 Å². The lowest BCUT2D eigenvalue weighted by Gasteiger charge is -2.23. The average Bonchev–Trinajstić information content (AvgIpc) is 2.76. The molecule has 2 aromatic rings. The second kappa shape index (κ2) is 3.96. The zero-order valence-corrected chi connectivity index (χ0v) is 9.76. The molecule has 4 heteroatoms. The molecular weight excluding hydrogens is 237 g/mol. The Morgan fingerprint density at radius 3 is 2.94 bits per heavy atom. The molecule has 3 rings (SSSR count). The molecule has 1 aromatic carbocycles. The van der Waals surface area contributed by atoms with Gasteiger partial charge in [0, 0.05) is 17.2 Å². The number of halogens is 1. The van der Waals surface area contributed by atoms with Crippen molar-refractivity contribution in [1.29, 1.82) is 0 Å². The summed E-state index contributed by atoms with van der Waals surface area (Å²) in [6, 6.07) is 8.53. The van der Waals surface area contributed by atoms with Crippen molar-refractivity contribution >= 4 is 22.9 Å². The minimum Gasteiger partial charge on any atom is -0.325 e. The number of thiophene rings is 1. The first-order valence-corrected chi connectivity index (χ1v) is 6.25. The topological polar surface area (TPSA) is 29.1 Å². The molecule has 0 radical (unpaired) electrons. The van der Waals surface area contributed by atoms with E-state index >= 15 is 0 Å². The largest absolute Gasteiger partial charge is 0.325 e. The Bertz CT molecular complexity index is 578. The predicted molar refractivity (Wildman–Crippen MR) is 65.8 cm³/mol. The van der Waals surface area contributed by atoms with Gasteiger partial charge in [-0.1, -0.05) is 18.2 Å². The molecule has 1 N–H and O–H groups in total. The molecule has 0 unspecified atom stereocenters. The maximum absolute atomic E-state index is 13.8. The summed E-state index contributed by atoms with van der Waals surface area (Å²) in [6.07, 6.45) is 0.314. The zero-order valence-electron chi connectivity index (χ0n) is 8.94. The number of hydrogen-bond donors (Lipinski definition) is 1. The fourth-order valence-corrected chi connectivity index (χ4v) is 3.15. The van der Waals surface area contributed by atoms with Gasteiger partial charge in [-0.3, -0.25) is 4.79 Å². The van der Waals surface area contributed by atoms with E-state index in [-0.39, 0.29) is 17.6 Å². The highest BCUT2D eigenvalue weighted by Gasteiger charge is 2.29. The highest BCUT2D eigenvalue weighted by atomic mass is 32.1. The zero-order chi connectivity index (χ0) is 11.8. The molecule has 0 fully saturated rings. The van der Waals surface area contributed by atoms with Crippen molar-refractivity contribution in [1.82, 2.24) is 0 Å². The number of rotatable bonds is 1. The Hall–Kier alpha value is -1.68. The van der Waals surface area contributed by atoms with Crippen molar-refractivity contribution in [3.05, 3.63) is 52.0 Å². The van der Waals surface area contributed by atoms with Gasteiger partial charge in [-0.2, -0.15) is 0 Å². The summed E-state index contributed by atoms with van der Waals surface area (Å²) in [6.45, 7) is 0.